The molecule has 1 N–H and O–H groups in total. The Morgan fingerprint density at radius 2 is 1.81 bits per heavy atom. The van der Waals surface area contributed by atoms with Gasteiger partial charge >= 0.3 is 0 Å². The topological polar surface area (TPSA) is 70.8 Å². The molecule has 0 bridgehead atoms. The molecule has 4 aromatic rings. The van der Waals surface area contributed by atoms with Crippen molar-refractivity contribution in [2.75, 3.05) is 11.9 Å². The highest BCUT2D eigenvalue weighted by atomic mass is 35.5. The minimum atomic E-state index is 0.404. The average molecular weight is 461 g/mol. The maximum atomic E-state index is 9.65. The number of hydrogen-bond donors (Lipinski definition) is 1. The Labute approximate surface area is 195 Å². The van der Waals surface area contributed by atoms with E-state index < -0.39 is 0 Å². The second kappa shape index (κ2) is 9.69. The van der Waals surface area contributed by atoms with E-state index in [0.717, 1.165) is 22.0 Å². The van der Waals surface area contributed by atoms with Gasteiger partial charge in [0.25, 0.3) is 0 Å². The molecule has 0 amide bonds. The van der Waals surface area contributed by atoms with Crippen LogP contribution in [-0.2, 0) is 0 Å². The van der Waals surface area contributed by atoms with Crippen molar-refractivity contribution in [1.82, 2.24) is 9.97 Å². The molecule has 5 nitrogen and oxygen atoms in total. The van der Waals surface area contributed by atoms with Crippen molar-refractivity contribution in [3.63, 3.8) is 0 Å². The molecule has 158 valence electrons. The Kier molecular flexibility index (Phi) is 6.55. The third kappa shape index (κ3) is 4.67. The summed E-state index contributed by atoms with van der Waals surface area (Å²) in [5.74, 6) is 0.515. The number of hydrogen-bond acceptors (Lipinski definition) is 5. The fourth-order valence-electron chi connectivity index (χ4n) is 3.23. The quantitative estimate of drug-likeness (QED) is 0.331. The molecule has 0 spiro atoms. The number of halogens is 2. The van der Waals surface area contributed by atoms with Gasteiger partial charge < -0.3 is 10.1 Å². The summed E-state index contributed by atoms with van der Waals surface area (Å²) in [6, 6.07) is 15.3. The zero-order valence-electron chi connectivity index (χ0n) is 17.1. The zero-order valence-corrected chi connectivity index (χ0v) is 18.7. The van der Waals surface area contributed by atoms with E-state index in [-0.39, 0.29) is 0 Å². The van der Waals surface area contributed by atoms with Crippen LogP contribution in [0, 0.1) is 11.3 Å². The molecule has 0 fully saturated rings. The lowest BCUT2D eigenvalue weighted by atomic mass is 10.1. The minimum absolute atomic E-state index is 0.404. The maximum Gasteiger partial charge on any atom is 0.140 e. The van der Waals surface area contributed by atoms with Crippen molar-refractivity contribution < 1.29 is 4.74 Å². The number of anilines is 2. The lowest BCUT2D eigenvalue weighted by molar-refractivity contribution is 0.340. The predicted octanol–water partition coefficient (Wildman–Crippen LogP) is 7.12. The van der Waals surface area contributed by atoms with Crippen molar-refractivity contribution >= 4 is 57.6 Å². The third-order valence-corrected chi connectivity index (χ3v) is 5.38. The van der Waals surface area contributed by atoms with E-state index in [2.05, 4.69) is 21.4 Å². The number of rotatable bonds is 6. The van der Waals surface area contributed by atoms with Gasteiger partial charge in [0.2, 0.25) is 0 Å². The van der Waals surface area contributed by atoms with E-state index in [4.69, 9.17) is 27.9 Å². The van der Waals surface area contributed by atoms with Gasteiger partial charge in [0.1, 0.15) is 11.8 Å². The lowest BCUT2D eigenvalue weighted by Gasteiger charge is -2.15. The number of nitriles is 1. The van der Waals surface area contributed by atoms with Crippen molar-refractivity contribution in [3.05, 3.63) is 87.8 Å². The number of nitrogens with zero attached hydrogens (tertiary/aromatic N) is 3. The van der Waals surface area contributed by atoms with Crippen LogP contribution in [0.15, 0.2) is 61.1 Å². The maximum absolute atomic E-state index is 9.65. The SMILES string of the molecule is CCOc1cc(Nc2c(C#N)cnc3cc(/C=C/c4ccncc4)ccc23)c(Cl)cc1Cl. The standard InChI is InChI=1S/C25H18Cl2N4O/c1-2-32-24-13-23(20(26)12-21(24)27)31-25-18(14-28)15-30-22-11-17(5-6-19(22)25)4-3-16-7-9-29-10-8-16/h3-13,15H,2H2,1H3,(H,30,31)/b4-3+. The number of nitrogens with one attached hydrogen (secondary N) is 1. The summed E-state index contributed by atoms with van der Waals surface area (Å²) in [7, 11) is 0. The van der Waals surface area contributed by atoms with Crippen LogP contribution in [0.3, 0.4) is 0 Å². The van der Waals surface area contributed by atoms with E-state index in [1.165, 1.54) is 0 Å². The van der Waals surface area contributed by atoms with Crippen LogP contribution in [0.5, 0.6) is 5.75 Å². The first-order chi connectivity index (χ1) is 15.6. The molecule has 0 unspecified atom stereocenters. The molecule has 0 aliphatic carbocycles. The Hall–Kier alpha value is -3.59. The van der Waals surface area contributed by atoms with E-state index >= 15 is 0 Å². The summed E-state index contributed by atoms with van der Waals surface area (Å²) in [6.07, 6.45) is 9.07. The van der Waals surface area contributed by atoms with Gasteiger partial charge in [-0.2, -0.15) is 5.26 Å². The first kappa shape index (κ1) is 21.6. The number of fused-ring (bicyclic) bond motifs is 1. The first-order valence-electron chi connectivity index (χ1n) is 9.89. The molecule has 0 atom stereocenters. The summed E-state index contributed by atoms with van der Waals surface area (Å²) < 4.78 is 5.57. The number of pyridine rings is 2. The summed E-state index contributed by atoms with van der Waals surface area (Å²) in [4.78, 5) is 8.49. The van der Waals surface area contributed by atoms with Crippen LogP contribution in [0.4, 0.5) is 11.4 Å². The Bertz CT molecular complexity index is 1350. The van der Waals surface area contributed by atoms with Crippen LogP contribution in [0.1, 0.15) is 23.6 Å². The normalized spacial score (nSPS) is 10.9. The fourth-order valence-corrected chi connectivity index (χ4v) is 3.71. The van der Waals surface area contributed by atoms with E-state index in [0.29, 0.717) is 39.3 Å². The van der Waals surface area contributed by atoms with Crippen LogP contribution in [-0.4, -0.2) is 16.6 Å². The molecule has 2 aromatic heterocycles. The molecular formula is C25H18Cl2N4O. The van der Waals surface area contributed by atoms with Gasteiger partial charge in [-0.1, -0.05) is 47.5 Å². The molecule has 2 aromatic carbocycles. The zero-order chi connectivity index (χ0) is 22.5. The third-order valence-electron chi connectivity index (χ3n) is 4.77. The first-order valence-corrected chi connectivity index (χ1v) is 10.6. The second-order valence-electron chi connectivity index (χ2n) is 6.87. The van der Waals surface area contributed by atoms with E-state index in [9.17, 15) is 5.26 Å². The predicted molar refractivity (Wildman–Crippen MR) is 131 cm³/mol. The van der Waals surface area contributed by atoms with Crippen molar-refractivity contribution in [2.24, 2.45) is 0 Å². The summed E-state index contributed by atoms with van der Waals surface area (Å²) >= 11 is 12.6. The van der Waals surface area contributed by atoms with Gasteiger partial charge in [0.05, 0.1) is 39.1 Å². The molecule has 2 heterocycles. The van der Waals surface area contributed by atoms with Gasteiger partial charge in [-0.15, -0.1) is 0 Å². The largest absolute Gasteiger partial charge is 0.492 e. The average Bonchev–Trinajstić information content (AvgIpc) is 2.81. The monoisotopic (exact) mass is 460 g/mol. The van der Waals surface area contributed by atoms with E-state index in [1.54, 1.807) is 30.7 Å². The highest BCUT2D eigenvalue weighted by Crippen LogP contribution is 2.38. The molecule has 0 saturated carbocycles. The number of ether oxygens (including phenoxy) is 1. The molecule has 0 radical (unpaired) electrons. The highest BCUT2D eigenvalue weighted by molar-refractivity contribution is 6.37. The Morgan fingerprint density at radius 1 is 1.03 bits per heavy atom. The molecule has 0 aliphatic rings. The molecular weight excluding hydrogens is 443 g/mol. The van der Waals surface area contributed by atoms with Crippen LogP contribution in [0.2, 0.25) is 10.0 Å². The van der Waals surface area contributed by atoms with Crippen LogP contribution >= 0.6 is 23.2 Å². The van der Waals surface area contributed by atoms with Crippen molar-refractivity contribution in [3.8, 4) is 11.8 Å². The van der Waals surface area contributed by atoms with Crippen LogP contribution < -0.4 is 10.1 Å². The Balaban J connectivity index is 1.74. The smallest absolute Gasteiger partial charge is 0.140 e. The molecule has 32 heavy (non-hydrogen) atoms. The van der Waals surface area contributed by atoms with Crippen LogP contribution in [0.25, 0.3) is 23.1 Å². The van der Waals surface area contributed by atoms with Crippen molar-refractivity contribution in [1.29, 1.82) is 5.26 Å². The summed E-state index contributed by atoms with van der Waals surface area (Å²) in [5, 5.41) is 14.6. The van der Waals surface area contributed by atoms with Crippen molar-refractivity contribution in [2.45, 2.75) is 6.92 Å². The van der Waals surface area contributed by atoms with Gasteiger partial charge in [-0.3, -0.25) is 9.97 Å². The van der Waals surface area contributed by atoms with Gasteiger partial charge in [0.15, 0.2) is 0 Å². The van der Waals surface area contributed by atoms with E-state index in [1.807, 2.05) is 49.4 Å². The molecule has 0 saturated heterocycles. The summed E-state index contributed by atoms with van der Waals surface area (Å²) in [6.45, 7) is 2.35. The second-order valence-corrected chi connectivity index (χ2v) is 7.68. The number of aromatic nitrogens is 2. The van der Waals surface area contributed by atoms with Gasteiger partial charge in [-0.05, 0) is 42.3 Å². The number of benzene rings is 2. The fraction of sp³-hybridized carbons (Fsp3) is 0.0800. The molecule has 4 rings (SSSR count). The highest BCUT2D eigenvalue weighted by Gasteiger charge is 2.14. The van der Waals surface area contributed by atoms with Gasteiger partial charge in [0, 0.05) is 30.0 Å². The van der Waals surface area contributed by atoms with Gasteiger partial charge in [-0.25, -0.2) is 0 Å². The Morgan fingerprint density at radius 3 is 2.56 bits per heavy atom. The molecule has 0 aliphatic heterocycles. The summed E-state index contributed by atoms with van der Waals surface area (Å²) in [5.41, 5.74) is 4.40. The minimum Gasteiger partial charge on any atom is -0.492 e. The molecule has 7 heteroatoms. The lowest BCUT2D eigenvalue weighted by Crippen LogP contribution is -1.99.